The van der Waals surface area contributed by atoms with Crippen molar-refractivity contribution < 1.29 is 14.7 Å². The molecule has 10 unspecified atom stereocenters. The Hall–Kier alpha value is -0.830. The van der Waals surface area contributed by atoms with Gasteiger partial charge < -0.3 is 20.6 Å². The molecule has 3 aliphatic heterocycles. The normalized spacial score (nSPS) is 43.8. The van der Waals surface area contributed by atoms with E-state index >= 15 is 0 Å². The molecule has 5 aliphatic rings. The molecule has 7 nitrogen and oxygen atoms in total. The first-order valence-corrected chi connectivity index (χ1v) is 15.7. The molecule has 5 fully saturated rings. The van der Waals surface area contributed by atoms with Gasteiger partial charge in [0.25, 0.3) is 0 Å². The van der Waals surface area contributed by atoms with Crippen molar-refractivity contribution >= 4 is 23.6 Å². The number of hydrogen-bond acceptors (Lipinski definition) is 6. The van der Waals surface area contributed by atoms with Crippen molar-refractivity contribution in [3.05, 3.63) is 0 Å². The molecule has 5 rings (SSSR count). The molecule has 8 heteroatoms. The molecule has 0 radical (unpaired) electrons. The van der Waals surface area contributed by atoms with Gasteiger partial charge >= 0.3 is 0 Å². The molecule has 4 N–H and O–H groups in total. The minimum absolute atomic E-state index is 0.136. The van der Waals surface area contributed by atoms with E-state index in [0.29, 0.717) is 28.9 Å². The van der Waals surface area contributed by atoms with Gasteiger partial charge in [0, 0.05) is 38.0 Å². The molecule has 3 saturated heterocycles. The van der Waals surface area contributed by atoms with Crippen LogP contribution < -0.4 is 16.0 Å². The van der Waals surface area contributed by atoms with Gasteiger partial charge in [-0.05, 0) is 81.0 Å². The second-order valence-electron chi connectivity index (χ2n) is 12.5. The number of amides is 2. The van der Waals surface area contributed by atoms with Crippen LogP contribution >= 0.6 is 11.8 Å². The summed E-state index contributed by atoms with van der Waals surface area (Å²) in [4.78, 5) is 28.2. The van der Waals surface area contributed by atoms with Gasteiger partial charge in [-0.3, -0.25) is 14.9 Å². The summed E-state index contributed by atoms with van der Waals surface area (Å²) in [6.07, 6.45) is 12.7. The van der Waals surface area contributed by atoms with E-state index in [1.807, 2.05) is 23.7 Å². The van der Waals surface area contributed by atoms with E-state index < -0.39 is 0 Å². The zero-order chi connectivity index (χ0) is 25.2. The van der Waals surface area contributed by atoms with Gasteiger partial charge in [-0.1, -0.05) is 26.2 Å². The Morgan fingerprint density at radius 3 is 2.67 bits per heavy atom. The van der Waals surface area contributed by atoms with Crippen molar-refractivity contribution in [1.82, 2.24) is 20.9 Å². The van der Waals surface area contributed by atoms with Gasteiger partial charge in [-0.25, -0.2) is 0 Å². The van der Waals surface area contributed by atoms with Crippen molar-refractivity contribution in [2.24, 2.45) is 29.6 Å². The topological polar surface area (TPSA) is 93.7 Å². The molecule has 10 atom stereocenters. The number of likely N-dealkylation sites (N-methyl/N-ethyl adjacent to an activating group) is 1. The van der Waals surface area contributed by atoms with Crippen molar-refractivity contribution in [2.45, 2.75) is 106 Å². The molecule has 0 aromatic carbocycles. The number of aliphatic hydroxyl groups is 1. The van der Waals surface area contributed by atoms with Crippen LogP contribution in [0.5, 0.6) is 0 Å². The zero-order valence-corrected chi connectivity index (χ0v) is 23.1. The van der Waals surface area contributed by atoms with Gasteiger partial charge in [0.15, 0.2) is 0 Å². The van der Waals surface area contributed by atoms with Gasteiger partial charge in [-0.15, -0.1) is 11.8 Å². The second kappa shape index (κ2) is 11.9. The standard InChI is InChI=1S/C28H48N4O3S/c1-17-21(7-5-8-22(17)31-27(34)25-13-19-6-3-4-9-24(19)36-25)20-12-23(28(35)32(2)15-20)30-26-11-10-18(16-33)14-29-26/h17-26,29-30,33H,3-16H2,1-2H3,(H,31,34). The SMILES string of the molecule is CC1C(NC(=O)C2CC3CCCCC3S2)CCCC1C1CC(NC2CCC(CO)CN2)C(=O)N(C)C1. The highest BCUT2D eigenvalue weighted by molar-refractivity contribution is 8.01. The Morgan fingerprint density at radius 1 is 1.08 bits per heavy atom. The van der Waals surface area contributed by atoms with Crippen LogP contribution in [0.4, 0.5) is 0 Å². The second-order valence-corrected chi connectivity index (χ2v) is 14.0. The third kappa shape index (κ3) is 5.92. The summed E-state index contributed by atoms with van der Waals surface area (Å²) in [5, 5.41) is 20.9. The average molecular weight is 521 g/mol. The molecular formula is C28H48N4O3S. The van der Waals surface area contributed by atoms with Crippen LogP contribution in [-0.4, -0.2) is 77.3 Å². The van der Waals surface area contributed by atoms with E-state index in [0.717, 1.165) is 57.5 Å². The number of likely N-dealkylation sites (tertiary alicyclic amines) is 1. The number of hydrogen-bond donors (Lipinski definition) is 4. The summed E-state index contributed by atoms with van der Waals surface area (Å²) in [6.45, 7) is 4.19. The third-order valence-electron chi connectivity index (χ3n) is 10.2. The maximum Gasteiger partial charge on any atom is 0.239 e. The van der Waals surface area contributed by atoms with Crippen LogP contribution in [0.25, 0.3) is 0 Å². The molecule has 204 valence electrons. The average Bonchev–Trinajstić information content (AvgIpc) is 3.33. The number of fused-ring (bicyclic) bond motifs is 1. The minimum Gasteiger partial charge on any atom is -0.396 e. The number of carbonyl (C=O) groups is 2. The Labute approximate surface area is 221 Å². The Morgan fingerprint density at radius 2 is 1.92 bits per heavy atom. The van der Waals surface area contributed by atoms with Gasteiger partial charge in [0.05, 0.1) is 17.5 Å². The smallest absolute Gasteiger partial charge is 0.239 e. The third-order valence-corrected chi connectivity index (χ3v) is 11.9. The lowest BCUT2D eigenvalue weighted by Crippen LogP contribution is -2.60. The lowest BCUT2D eigenvalue weighted by Gasteiger charge is -2.46. The number of nitrogens with one attached hydrogen (secondary N) is 3. The largest absolute Gasteiger partial charge is 0.396 e. The quantitative estimate of drug-likeness (QED) is 0.430. The molecule has 2 amide bonds. The summed E-state index contributed by atoms with van der Waals surface area (Å²) in [7, 11) is 1.95. The molecule has 0 spiro atoms. The molecule has 3 heterocycles. The molecule has 0 bridgehead atoms. The zero-order valence-electron chi connectivity index (χ0n) is 22.3. The van der Waals surface area contributed by atoms with Crippen LogP contribution in [0.3, 0.4) is 0 Å². The number of nitrogens with zero attached hydrogens (tertiary/aromatic N) is 1. The first-order valence-electron chi connectivity index (χ1n) is 14.7. The number of thioether (sulfide) groups is 1. The van der Waals surface area contributed by atoms with Crippen LogP contribution in [0.2, 0.25) is 0 Å². The van der Waals surface area contributed by atoms with Crippen LogP contribution in [0.1, 0.15) is 77.6 Å². The fourth-order valence-electron chi connectivity index (χ4n) is 7.97. The fraction of sp³-hybridized carbons (Fsp3) is 0.929. The molecule has 0 aromatic rings. The predicted molar refractivity (Wildman–Crippen MR) is 144 cm³/mol. The summed E-state index contributed by atoms with van der Waals surface area (Å²) in [5.74, 6) is 2.98. The maximum atomic E-state index is 13.3. The lowest BCUT2D eigenvalue weighted by atomic mass is 9.68. The van der Waals surface area contributed by atoms with E-state index in [1.54, 1.807) is 0 Å². The monoisotopic (exact) mass is 520 g/mol. The number of carbonyl (C=O) groups excluding carboxylic acids is 2. The molecule has 2 aliphatic carbocycles. The van der Waals surface area contributed by atoms with Crippen LogP contribution in [-0.2, 0) is 9.59 Å². The Bertz CT molecular complexity index is 762. The van der Waals surface area contributed by atoms with E-state index in [2.05, 4.69) is 22.9 Å². The first kappa shape index (κ1) is 26.8. The minimum atomic E-state index is -0.155. The highest BCUT2D eigenvalue weighted by Crippen LogP contribution is 2.46. The maximum absolute atomic E-state index is 13.3. The van der Waals surface area contributed by atoms with E-state index in [1.165, 1.54) is 32.1 Å². The first-order chi connectivity index (χ1) is 17.4. The highest BCUT2D eigenvalue weighted by Gasteiger charge is 2.44. The number of rotatable bonds is 6. The fourth-order valence-corrected chi connectivity index (χ4v) is 9.71. The van der Waals surface area contributed by atoms with Crippen molar-refractivity contribution in [3.8, 4) is 0 Å². The number of piperidine rings is 2. The van der Waals surface area contributed by atoms with Crippen LogP contribution in [0, 0.1) is 29.6 Å². The lowest BCUT2D eigenvalue weighted by molar-refractivity contribution is -0.138. The molecule has 0 aromatic heterocycles. The summed E-state index contributed by atoms with van der Waals surface area (Å²) < 4.78 is 0. The van der Waals surface area contributed by atoms with E-state index in [9.17, 15) is 14.7 Å². The number of aliphatic hydroxyl groups excluding tert-OH is 1. The van der Waals surface area contributed by atoms with E-state index in [-0.39, 0.29) is 41.9 Å². The highest BCUT2D eigenvalue weighted by atomic mass is 32.2. The molecule has 2 saturated carbocycles. The van der Waals surface area contributed by atoms with E-state index in [4.69, 9.17) is 0 Å². The Balaban J connectivity index is 1.16. The van der Waals surface area contributed by atoms with Crippen LogP contribution in [0.15, 0.2) is 0 Å². The van der Waals surface area contributed by atoms with Gasteiger partial charge in [0.1, 0.15) is 0 Å². The predicted octanol–water partition coefficient (Wildman–Crippen LogP) is 2.73. The summed E-state index contributed by atoms with van der Waals surface area (Å²) >= 11 is 1.96. The summed E-state index contributed by atoms with van der Waals surface area (Å²) in [5.41, 5.74) is 0. The van der Waals surface area contributed by atoms with Gasteiger partial charge in [-0.2, -0.15) is 0 Å². The van der Waals surface area contributed by atoms with Crippen molar-refractivity contribution in [2.75, 3.05) is 26.7 Å². The summed E-state index contributed by atoms with van der Waals surface area (Å²) in [6, 6.07) is 0.0987. The van der Waals surface area contributed by atoms with Gasteiger partial charge in [0.2, 0.25) is 11.8 Å². The Kier molecular flexibility index (Phi) is 8.86. The van der Waals surface area contributed by atoms with Crippen molar-refractivity contribution in [1.29, 1.82) is 0 Å². The molecule has 36 heavy (non-hydrogen) atoms. The van der Waals surface area contributed by atoms with Crippen molar-refractivity contribution in [3.63, 3.8) is 0 Å². The molecular weight excluding hydrogens is 472 g/mol.